The summed E-state index contributed by atoms with van der Waals surface area (Å²) in [5.41, 5.74) is 0. The van der Waals surface area contributed by atoms with Crippen LogP contribution in [0.1, 0.15) is 0 Å². The second kappa shape index (κ2) is 4.12. The summed E-state index contributed by atoms with van der Waals surface area (Å²) in [7, 11) is 0. The van der Waals surface area contributed by atoms with Crippen molar-refractivity contribution in [2.45, 2.75) is 0 Å². The molecular formula is C7H9ClNO+. The second-order valence-corrected chi connectivity index (χ2v) is 2.14. The molecule has 1 aromatic rings. The zero-order valence-corrected chi connectivity index (χ0v) is 6.29. The minimum absolute atomic E-state index is 0.516. The summed E-state index contributed by atoms with van der Waals surface area (Å²) in [5.74, 6) is 0.516. The van der Waals surface area contributed by atoms with Crippen molar-refractivity contribution in [1.82, 2.24) is 0 Å². The molecule has 0 saturated carbocycles. The summed E-state index contributed by atoms with van der Waals surface area (Å²) in [6, 6.07) is 5.73. The van der Waals surface area contributed by atoms with E-state index in [-0.39, 0.29) is 0 Å². The predicted octanol–water partition coefficient (Wildman–Crippen LogP) is 0.641. The first-order chi connectivity index (χ1) is 4.93. The molecule has 0 unspecified atom stereocenters. The van der Waals surface area contributed by atoms with Gasteiger partial charge in [0.05, 0.1) is 5.88 Å². The summed E-state index contributed by atoms with van der Waals surface area (Å²) in [6.07, 6.45) is 3.65. The SMILES string of the molecule is ClCCO[n+]1ccccc1. The first-order valence-corrected chi connectivity index (χ1v) is 3.62. The van der Waals surface area contributed by atoms with Crippen molar-refractivity contribution >= 4 is 11.6 Å². The number of hydrogen-bond donors (Lipinski definition) is 0. The van der Waals surface area contributed by atoms with Gasteiger partial charge in [-0.3, -0.25) is 4.84 Å². The average molecular weight is 159 g/mol. The lowest BCUT2D eigenvalue weighted by Crippen LogP contribution is -2.42. The number of pyridine rings is 1. The Morgan fingerprint density at radius 3 is 2.50 bits per heavy atom. The molecule has 3 heteroatoms. The van der Waals surface area contributed by atoms with Crippen molar-refractivity contribution in [3.05, 3.63) is 30.6 Å². The number of rotatable bonds is 3. The van der Waals surface area contributed by atoms with Crippen LogP contribution in [0.3, 0.4) is 0 Å². The maximum atomic E-state index is 5.41. The summed E-state index contributed by atoms with van der Waals surface area (Å²) in [4.78, 5) is 5.14. The number of alkyl halides is 1. The molecule has 0 spiro atoms. The van der Waals surface area contributed by atoms with Gasteiger partial charge in [0, 0.05) is 16.9 Å². The Hall–Kier alpha value is -0.760. The van der Waals surface area contributed by atoms with Crippen LogP contribution in [0.5, 0.6) is 0 Å². The minimum atomic E-state index is 0.516. The van der Waals surface area contributed by atoms with Gasteiger partial charge in [0.1, 0.15) is 0 Å². The van der Waals surface area contributed by atoms with Gasteiger partial charge in [0.2, 0.25) is 12.4 Å². The number of aromatic nitrogens is 1. The maximum Gasteiger partial charge on any atom is 0.222 e. The van der Waals surface area contributed by atoms with Crippen LogP contribution in [-0.4, -0.2) is 12.5 Å². The minimum Gasteiger partial charge on any atom is -0.270 e. The summed E-state index contributed by atoms with van der Waals surface area (Å²) < 4.78 is 1.63. The molecule has 0 aromatic carbocycles. The van der Waals surface area contributed by atoms with Gasteiger partial charge in [-0.05, 0) is 0 Å². The molecular weight excluding hydrogens is 150 g/mol. The first-order valence-electron chi connectivity index (χ1n) is 3.09. The average Bonchev–Trinajstić information content (AvgIpc) is 2.03. The molecule has 0 amide bonds. The second-order valence-electron chi connectivity index (χ2n) is 1.76. The normalized spacial score (nSPS) is 9.30. The van der Waals surface area contributed by atoms with Crippen LogP contribution in [0, 0.1) is 0 Å². The molecule has 1 heterocycles. The van der Waals surface area contributed by atoms with Crippen LogP contribution in [-0.2, 0) is 0 Å². The van der Waals surface area contributed by atoms with Gasteiger partial charge >= 0.3 is 0 Å². The molecule has 2 nitrogen and oxygen atoms in total. The third-order valence-electron chi connectivity index (χ3n) is 1.01. The van der Waals surface area contributed by atoms with Crippen LogP contribution in [0.15, 0.2) is 30.6 Å². The van der Waals surface area contributed by atoms with Crippen LogP contribution in [0.4, 0.5) is 0 Å². The monoisotopic (exact) mass is 158 g/mol. The summed E-state index contributed by atoms with van der Waals surface area (Å²) in [6.45, 7) is 0.538. The van der Waals surface area contributed by atoms with Crippen LogP contribution in [0.25, 0.3) is 0 Å². The molecule has 0 radical (unpaired) electrons. The maximum absolute atomic E-state index is 5.41. The highest BCUT2D eigenvalue weighted by Gasteiger charge is 1.94. The fraction of sp³-hybridized carbons (Fsp3) is 0.286. The van der Waals surface area contributed by atoms with Crippen molar-refractivity contribution in [3.63, 3.8) is 0 Å². The lowest BCUT2D eigenvalue weighted by Gasteiger charge is -1.92. The zero-order chi connectivity index (χ0) is 7.23. The Morgan fingerprint density at radius 1 is 1.20 bits per heavy atom. The lowest BCUT2D eigenvalue weighted by molar-refractivity contribution is -0.890. The van der Waals surface area contributed by atoms with Crippen molar-refractivity contribution in [1.29, 1.82) is 0 Å². The third kappa shape index (κ3) is 2.23. The van der Waals surface area contributed by atoms with Gasteiger partial charge in [0.15, 0.2) is 6.61 Å². The van der Waals surface area contributed by atoms with Crippen LogP contribution < -0.4 is 9.57 Å². The van der Waals surface area contributed by atoms with Gasteiger partial charge < -0.3 is 0 Å². The molecule has 10 heavy (non-hydrogen) atoms. The van der Waals surface area contributed by atoms with E-state index in [0.29, 0.717) is 12.5 Å². The molecule has 0 N–H and O–H groups in total. The van der Waals surface area contributed by atoms with E-state index >= 15 is 0 Å². The number of hydrogen-bond acceptors (Lipinski definition) is 1. The highest BCUT2D eigenvalue weighted by molar-refractivity contribution is 6.17. The fourth-order valence-corrected chi connectivity index (χ4v) is 0.678. The van der Waals surface area contributed by atoms with Gasteiger partial charge in [-0.1, -0.05) is 6.07 Å². The predicted molar refractivity (Wildman–Crippen MR) is 38.8 cm³/mol. The van der Waals surface area contributed by atoms with E-state index in [4.69, 9.17) is 16.4 Å². The molecule has 0 aliphatic rings. The van der Waals surface area contributed by atoms with Crippen molar-refractivity contribution in [2.24, 2.45) is 0 Å². The Balaban J connectivity index is 2.43. The standard InChI is InChI=1S/C7H9ClNO/c8-4-7-10-9-5-2-1-3-6-9/h1-3,5-6H,4,7H2/q+1. The molecule has 0 fully saturated rings. The highest BCUT2D eigenvalue weighted by atomic mass is 35.5. The Morgan fingerprint density at radius 2 is 1.90 bits per heavy atom. The van der Waals surface area contributed by atoms with E-state index in [1.165, 1.54) is 0 Å². The van der Waals surface area contributed by atoms with E-state index in [9.17, 15) is 0 Å². The molecule has 0 bridgehead atoms. The fourth-order valence-electron chi connectivity index (χ4n) is 0.609. The van der Waals surface area contributed by atoms with Gasteiger partial charge in [0.25, 0.3) is 0 Å². The van der Waals surface area contributed by atoms with Crippen molar-refractivity contribution < 1.29 is 9.57 Å². The van der Waals surface area contributed by atoms with Crippen LogP contribution >= 0.6 is 11.6 Å². The third-order valence-corrected chi connectivity index (χ3v) is 1.16. The molecule has 0 atom stereocenters. The van der Waals surface area contributed by atoms with Gasteiger partial charge in [-0.2, -0.15) is 0 Å². The summed E-state index contributed by atoms with van der Waals surface area (Å²) >= 11 is 5.41. The largest absolute Gasteiger partial charge is 0.270 e. The number of halogens is 1. The van der Waals surface area contributed by atoms with Gasteiger partial charge in [-0.15, -0.1) is 11.6 Å². The Labute approximate surface area is 65.0 Å². The quantitative estimate of drug-likeness (QED) is 0.465. The molecule has 0 saturated heterocycles. The zero-order valence-electron chi connectivity index (χ0n) is 5.53. The molecule has 0 aliphatic carbocycles. The number of nitrogens with zero attached hydrogens (tertiary/aromatic N) is 1. The molecule has 1 aromatic heterocycles. The molecule has 0 aliphatic heterocycles. The van der Waals surface area contributed by atoms with E-state index in [1.807, 2.05) is 30.6 Å². The molecule has 54 valence electrons. The van der Waals surface area contributed by atoms with E-state index in [0.717, 1.165) is 0 Å². The first kappa shape index (κ1) is 7.35. The van der Waals surface area contributed by atoms with E-state index in [1.54, 1.807) is 4.73 Å². The topological polar surface area (TPSA) is 13.1 Å². The van der Waals surface area contributed by atoms with Crippen molar-refractivity contribution in [2.75, 3.05) is 12.5 Å². The van der Waals surface area contributed by atoms with Crippen LogP contribution in [0.2, 0.25) is 0 Å². The Kier molecular flexibility index (Phi) is 3.03. The smallest absolute Gasteiger partial charge is 0.222 e. The van der Waals surface area contributed by atoms with E-state index < -0.39 is 0 Å². The summed E-state index contributed by atoms with van der Waals surface area (Å²) in [5, 5.41) is 0. The van der Waals surface area contributed by atoms with Gasteiger partial charge in [-0.25, -0.2) is 0 Å². The highest BCUT2D eigenvalue weighted by Crippen LogP contribution is 1.75. The lowest BCUT2D eigenvalue weighted by atomic mass is 10.5. The molecule has 1 rings (SSSR count). The van der Waals surface area contributed by atoms with E-state index in [2.05, 4.69) is 0 Å². The van der Waals surface area contributed by atoms with Crippen molar-refractivity contribution in [3.8, 4) is 0 Å². The Bertz CT molecular complexity index is 178.